The van der Waals surface area contributed by atoms with Crippen LogP contribution in [0.25, 0.3) is 0 Å². The number of hydrogen-bond acceptors (Lipinski definition) is 4. The van der Waals surface area contributed by atoms with Crippen molar-refractivity contribution in [1.82, 2.24) is 15.1 Å². The van der Waals surface area contributed by atoms with Crippen molar-refractivity contribution in [2.45, 2.75) is 19.9 Å². The van der Waals surface area contributed by atoms with Gasteiger partial charge in [0.25, 0.3) is 0 Å². The normalized spacial score (nSPS) is 17.3. The van der Waals surface area contributed by atoms with E-state index in [2.05, 4.69) is 47.4 Å². The van der Waals surface area contributed by atoms with Crippen molar-refractivity contribution in [2.24, 2.45) is 5.92 Å². The highest BCUT2D eigenvalue weighted by Gasteiger charge is 2.25. The van der Waals surface area contributed by atoms with Crippen molar-refractivity contribution in [3.05, 3.63) is 29.8 Å². The number of urea groups is 1. The predicted octanol–water partition coefficient (Wildman–Crippen LogP) is 1.95. The Morgan fingerprint density at radius 2 is 1.83 bits per heavy atom. The molecule has 0 aliphatic carbocycles. The third kappa shape index (κ3) is 5.22. The molecule has 0 bridgehead atoms. The molecular weight excluding hydrogens is 302 g/mol. The molecule has 1 saturated heterocycles. The number of likely N-dealkylation sites (N-methyl/N-ethyl adjacent to an activating group) is 1. The van der Waals surface area contributed by atoms with Crippen LogP contribution in [-0.2, 0) is 0 Å². The maximum Gasteiger partial charge on any atom is 0.319 e. The van der Waals surface area contributed by atoms with E-state index >= 15 is 0 Å². The smallest absolute Gasteiger partial charge is 0.319 e. The van der Waals surface area contributed by atoms with E-state index < -0.39 is 0 Å². The first-order valence-corrected chi connectivity index (χ1v) is 8.47. The maximum atomic E-state index is 12.1. The van der Waals surface area contributed by atoms with E-state index in [-0.39, 0.29) is 6.03 Å². The number of benzene rings is 1. The number of amides is 2. The van der Waals surface area contributed by atoms with Gasteiger partial charge in [0.2, 0.25) is 0 Å². The molecule has 130 valence electrons. The number of nitrogens with zero attached hydrogens (tertiary/aromatic N) is 3. The average molecular weight is 329 g/mol. The van der Waals surface area contributed by atoms with Crippen molar-refractivity contribution in [3.63, 3.8) is 0 Å². The fourth-order valence-electron chi connectivity index (χ4n) is 2.94. The van der Waals surface area contributed by atoms with Gasteiger partial charge < -0.3 is 15.5 Å². The summed E-state index contributed by atoms with van der Waals surface area (Å²) in [7, 11) is 2.14. The lowest BCUT2D eigenvalue weighted by molar-refractivity contribution is 0.0890. The second kappa shape index (κ2) is 8.67. The number of carbonyl (C=O) groups excluding carboxylic acids is 1. The molecule has 1 aromatic rings. The van der Waals surface area contributed by atoms with E-state index in [0.717, 1.165) is 26.2 Å². The monoisotopic (exact) mass is 329 g/mol. The topological polar surface area (TPSA) is 71.4 Å². The van der Waals surface area contributed by atoms with Gasteiger partial charge in [0.1, 0.15) is 0 Å². The van der Waals surface area contributed by atoms with Gasteiger partial charge in [-0.15, -0.1) is 0 Å². The quantitative estimate of drug-likeness (QED) is 0.866. The molecule has 1 aliphatic rings. The molecule has 1 aliphatic heterocycles. The van der Waals surface area contributed by atoms with Crippen molar-refractivity contribution in [1.29, 1.82) is 5.26 Å². The van der Waals surface area contributed by atoms with E-state index in [1.807, 2.05) is 0 Å². The highest BCUT2D eigenvalue weighted by Crippen LogP contribution is 2.13. The summed E-state index contributed by atoms with van der Waals surface area (Å²) in [4.78, 5) is 16.9. The third-order valence-electron chi connectivity index (χ3n) is 4.52. The summed E-state index contributed by atoms with van der Waals surface area (Å²) < 4.78 is 0. The summed E-state index contributed by atoms with van der Waals surface area (Å²) >= 11 is 0. The van der Waals surface area contributed by atoms with Crippen LogP contribution in [0.3, 0.4) is 0 Å². The first-order chi connectivity index (χ1) is 11.5. The highest BCUT2D eigenvalue weighted by molar-refractivity contribution is 5.89. The summed E-state index contributed by atoms with van der Waals surface area (Å²) in [5.74, 6) is 0.476. The summed E-state index contributed by atoms with van der Waals surface area (Å²) in [6.07, 6.45) is 0. The lowest BCUT2D eigenvalue weighted by atomic mass is 10.0. The summed E-state index contributed by atoms with van der Waals surface area (Å²) in [6.45, 7) is 9.24. The molecule has 1 atom stereocenters. The first-order valence-electron chi connectivity index (χ1n) is 8.47. The Kier molecular flexibility index (Phi) is 6.59. The molecule has 1 fully saturated rings. The summed E-state index contributed by atoms with van der Waals surface area (Å²) in [6, 6.07) is 9.04. The standard InChI is InChI=1S/C18H27N5O/c1-14(2)17(23-10-8-22(3)9-11-23)13-20-18(24)21-16-6-4-15(12-19)5-7-16/h4-7,14,17H,8-11,13H2,1-3H3,(H2,20,21,24). The number of nitrogens with one attached hydrogen (secondary N) is 2. The van der Waals surface area contributed by atoms with Gasteiger partial charge in [0, 0.05) is 44.5 Å². The fraction of sp³-hybridized carbons (Fsp3) is 0.556. The summed E-state index contributed by atoms with van der Waals surface area (Å²) in [5, 5.41) is 14.6. The number of anilines is 1. The van der Waals surface area contributed by atoms with Gasteiger partial charge >= 0.3 is 6.03 Å². The minimum absolute atomic E-state index is 0.209. The molecule has 2 rings (SSSR count). The first kappa shape index (κ1) is 18.2. The van der Waals surface area contributed by atoms with Crippen molar-refractivity contribution in [3.8, 4) is 6.07 Å². The lowest BCUT2D eigenvalue weighted by Gasteiger charge is -2.39. The van der Waals surface area contributed by atoms with Crippen LogP contribution in [0, 0.1) is 17.2 Å². The van der Waals surface area contributed by atoms with Crippen LogP contribution in [-0.4, -0.2) is 61.6 Å². The number of hydrogen-bond donors (Lipinski definition) is 2. The fourth-order valence-corrected chi connectivity index (χ4v) is 2.94. The van der Waals surface area contributed by atoms with E-state index in [1.165, 1.54) is 0 Å². The Morgan fingerprint density at radius 1 is 1.21 bits per heavy atom. The molecule has 1 unspecified atom stereocenters. The van der Waals surface area contributed by atoms with Gasteiger partial charge in [-0.25, -0.2) is 4.79 Å². The van der Waals surface area contributed by atoms with Crippen LogP contribution in [0.2, 0.25) is 0 Å². The zero-order chi connectivity index (χ0) is 17.5. The Hall–Kier alpha value is -2.10. The van der Waals surface area contributed by atoms with Crippen molar-refractivity contribution >= 4 is 11.7 Å². The molecule has 6 heteroatoms. The van der Waals surface area contributed by atoms with Gasteiger partial charge in [-0.1, -0.05) is 13.8 Å². The van der Waals surface area contributed by atoms with Crippen LogP contribution in [0.4, 0.5) is 10.5 Å². The van der Waals surface area contributed by atoms with E-state index in [0.29, 0.717) is 29.8 Å². The van der Waals surface area contributed by atoms with Crippen LogP contribution < -0.4 is 10.6 Å². The van der Waals surface area contributed by atoms with Gasteiger partial charge in [0.15, 0.2) is 0 Å². The Balaban J connectivity index is 1.84. The SMILES string of the molecule is CC(C)C(CNC(=O)Nc1ccc(C#N)cc1)N1CCN(C)CC1. The van der Waals surface area contributed by atoms with Gasteiger partial charge in [0.05, 0.1) is 11.6 Å². The predicted molar refractivity (Wildman–Crippen MR) is 95.9 cm³/mol. The number of nitriles is 1. The zero-order valence-electron chi connectivity index (χ0n) is 14.7. The molecule has 6 nitrogen and oxygen atoms in total. The lowest BCUT2D eigenvalue weighted by Crippen LogP contribution is -2.54. The van der Waals surface area contributed by atoms with Crippen LogP contribution in [0.15, 0.2) is 24.3 Å². The Labute approximate surface area is 144 Å². The zero-order valence-corrected chi connectivity index (χ0v) is 14.7. The highest BCUT2D eigenvalue weighted by atomic mass is 16.2. The van der Waals surface area contributed by atoms with Gasteiger partial charge in [-0.05, 0) is 37.2 Å². The van der Waals surface area contributed by atoms with Crippen LogP contribution >= 0.6 is 0 Å². The molecule has 24 heavy (non-hydrogen) atoms. The molecule has 2 N–H and O–H groups in total. The number of piperazine rings is 1. The molecular formula is C18H27N5O. The van der Waals surface area contributed by atoms with Crippen molar-refractivity contribution in [2.75, 3.05) is 45.1 Å². The van der Waals surface area contributed by atoms with E-state index in [4.69, 9.17) is 5.26 Å². The minimum Gasteiger partial charge on any atom is -0.336 e. The molecule has 0 aromatic heterocycles. The van der Waals surface area contributed by atoms with E-state index in [1.54, 1.807) is 24.3 Å². The van der Waals surface area contributed by atoms with Crippen molar-refractivity contribution < 1.29 is 4.79 Å². The molecule has 0 radical (unpaired) electrons. The van der Waals surface area contributed by atoms with Gasteiger partial charge in [-0.3, -0.25) is 4.90 Å². The van der Waals surface area contributed by atoms with Crippen LogP contribution in [0.1, 0.15) is 19.4 Å². The average Bonchev–Trinajstić information content (AvgIpc) is 2.57. The minimum atomic E-state index is -0.209. The number of carbonyl (C=O) groups is 1. The Bertz CT molecular complexity index is 570. The molecule has 0 spiro atoms. The number of rotatable bonds is 5. The third-order valence-corrected chi connectivity index (χ3v) is 4.52. The molecule has 2 amide bonds. The molecule has 1 heterocycles. The molecule has 1 aromatic carbocycles. The largest absolute Gasteiger partial charge is 0.336 e. The second-order valence-corrected chi connectivity index (χ2v) is 6.67. The maximum absolute atomic E-state index is 12.1. The van der Waals surface area contributed by atoms with Gasteiger partial charge in [-0.2, -0.15) is 5.26 Å². The second-order valence-electron chi connectivity index (χ2n) is 6.67. The molecule has 0 saturated carbocycles. The van der Waals surface area contributed by atoms with Crippen LogP contribution in [0.5, 0.6) is 0 Å². The van der Waals surface area contributed by atoms with E-state index in [9.17, 15) is 4.79 Å². The summed E-state index contributed by atoms with van der Waals surface area (Å²) in [5.41, 5.74) is 1.27. The Morgan fingerprint density at radius 3 is 2.38 bits per heavy atom.